The highest BCUT2D eigenvalue weighted by Crippen LogP contribution is 2.18. The summed E-state index contributed by atoms with van der Waals surface area (Å²) in [6.45, 7) is 0.383. The highest BCUT2D eigenvalue weighted by Gasteiger charge is 2.08. The summed E-state index contributed by atoms with van der Waals surface area (Å²) in [5.41, 5.74) is 1.57. The van der Waals surface area contributed by atoms with Crippen LogP contribution in [0.5, 0.6) is 0 Å². The van der Waals surface area contributed by atoms with E-state index in [1.54, 1.807) is 24.3 Å². The molecule has 1 heterocycles. The van der Waals surface area contributed by atoms with Gasteiger partial charge in [-0.05, 0) is 42.5 Å². The van der Waals surface area contributed by atoms with Crippen molar-refractivity contribution in [1.82, 2.24) is 10.1 Å². The van der Waals surface area contributed by atoms with Crippen molar-refractivity contribution in [3.05, 3.63) is 65.3 Å². The number of nitrogens with zero attached hydrogens (tertiary/aromatic N) is 2. The predicted molar refractivity (Wildman–Crippen MR) is 78.5 cm³/mol. The molecule has 6 heteroatoms. The maximum absolute atomic E-state index is 12.9. The first-order valence-electron chi connectivity index (χ1n) is 6.29. The van der Waals surface area contributed by atoms with Crippen LogP contribution >= 0.6 is 11.6 Å². The van der Waals surface area contributed by atoms with Gasteiger partial charge in [0.1, 0.15) is 5.82 Å². The first-order valence-corrected chi connectivity index (χ1v) is 6.66. The van der Waals surface area contributed by atoms with Gasteiger partial charge in [-0.15, -0.1) is 0 Å². The molecular formula is C15H11ClFN3O. The monoisotopic (exact) mass is 303 g/mol. The number of halogens is 2. The van der Waals surface area contributed by atoms with Gasteiger partial charge in [-0.2, -0.15) is 4.98 Å². The highest BCUT2D eigenvalue weighted by atomic mass is 35.5. The summed E-state index contributed by atoms with van der Waals surface area (Å²) in [5.74, 6) is 0.567. The Hall–Kier alpha value is -2.40. The molecule has 3 rings (SSSR count). The van der Waals surface area contributed by atoms with Crippen LogP contribution in [-0.4, -0.2) is 10.1 Å². The molecule has 0 radical (unpaired) electrons. The van der Waals surface area contributed by atoms with Gasteiger partial charge in [-0.3, -0.25) is 0 Å². The van der Waals surface area contributed by atoms with Crippen molar-refractivity contribution in [3.63, 3.8) is 0 Å². The van der Waals surface area contributed by atoms with E-state index in [1.807, 2.05) is 12.1 Å². The minimum absolute atomic E-state index is 0.301. The Morgan fingerprint density at radius 1 is 1.14 bits per heavy atom. The van der Waals surface area contributed by atoms with Crippen molar-refractivity contribution in [2.45, 2.75) is 6.54 Å². The number of hydrogen-bond donors (Lipinski definition) is 1. The minimum atomic E-state index is -0.301. The number of rotatable bonds is 4. The van der Waals surface area contributed by atoms with E-state index in [1.165, 1.54) is 12.1 Å². The van der Waals surface area contributed by atoms with Crippen molar-refractivity contribution in [2.24, 2.45) is 0 Å². The molecule has 0 amide bonds. The quantitative estimate of drug-likeness (QED) is 0.787. The molecule has 4 nitrogen and oxygen atoms in total. The zero-order valence-corrected chi connectivity index (χ0v) is 11.6. The molecule has 0 aliphatic carbocycles. The summed E-state index contributed by atoms with van der Waals surface area (Å²) in [6.07, 6.45) is 0. The van der Waals surface area contributed by atoms with Gasteiger partial charge in [0.25, 0.3) is 0 Å². The van der Waals surface area contributed by atoms with Crippen LogP contribution in [0.2, 0.25) is 5.02 Å². The van der Waals surface area contributed by atoms with E-state index >= 15 is 0 Å². The molecule has 2 aromatic carbocycles. The van der Waals surface area contributed by atoms with Crippen molar-refractivity contribution >= 4 is 17.3 Å². The van der Waals surface area contributed by atoms with Crippen LogP contribution in [0.15, 0.2) is 53.1 Å². The van der Waals surface area contributed by atoms with Crippen LogP contribution in [0, 0.1) is 5.82 Å². The molecule has 21 heavy (non-hydrogen) atoms. The first-order chi connectivity index (χ1) is 10.2. The zero-order chi connectivity index (χ0) is 14.7. The van der Waals surface area contributed by atoms with E-state index < -0.39 is 0 Å². The molecule has 0 atom stereocenters. The van der Waals surface area contributed by atoms with Crippen LogP contribution in [0.1, 0.15) is 5.89 Å². The van der Waals surface area contributed by atoms with Crippen molar-refractivity contribution in [1.29, 1.82) is 0 Å². The highest BCUT2D eigenvalue weighted by molar-refractivity contribution is 6.30. The lowest BCUT2D eigenvalue weighted by Crippen LogP contribution is -1.99. The molecule has 0 saturated heterocycles. The van der Waals surface area contributed by atoms with Gasteiger partial charge in [-0.25, -0.2) is 4.39 Å². The fraction of sp³-hybridized carbons (Fsp3) is 0.0667. The normalized spacial score (nSPS) is 10.6. The second kappa shape index (κ2) is 5.93. The van der Waals surface area contributed by atoms with Crippen LogP contribution in [0.3, 0.4) is 0 Å². The Balaban J connectivity index is 1.69. The number of anilines is 1. The molecule has 0 bridgehead atoms. The Morgan fingerprint density at radius 2 is 1.95 bits per heavy atom. The SMILES string of the molecule is Fc1ccc(-c2noc(CNc3cccc(Cl)c3)n2)cc1. The van der Waals surface area contributed by atoms with E-state index in [2.05, 4.69) is 15.5 Å². The van der Waals surface area contributed by atoms with E-state index in [0.717, 1.165) is 5.69 Å². The van der Waals surface area contributed by atoms with Gasteiger partial charge >= 0.3 is 0 Å². The van der Waals surface area contributed by atoms with E-state index in [0.29, 0.717) is 28.8 Å². The number of hydrogen-bond acceptors (Lipinski definition) is 4. The molecule has 0 aliphatic rings. The number of benzene rings is 2. The third kappa shape index (κ3) is 3.38. The summed E-state index contributed by atoms with van der Waals surface area (Å²) in [7, 11) is 0. The summed E-state index contributed by atoms with van der Waals surface area (Å²) in [6, 6.07) is 13.3. The van der Waals surface area contributed by atoms with Gasteiger partial charge in [0.15, 0.2) is 0 Å². The lowest BCUT2D eigenvalue weighted by Gasteiger charge is -2.02. The molecule has 106 valence electrons. The maximum atomic E-state index is 12.9. The zero-order valence-electron chi connectivity index (χ0n) is 10.9. The lowest BCUT2D eigenvalue weighted by atomic mass is 10.2. The molecule has 0 aliphatic heterocycles. The minimum Gasteiger partial charge on any atom is -0.376 e. The van der Waals surface area contributed by atoms with E-state index in [9.17, 15) is 4.39 Å². The molecule has 0 fully saturated rings. The van der Waals surface area contributed by atoms with Gasteiger partial charge < -0.3 is 9.84 Å². The average Bonchev–Trinajstić information content (AvgIpc) is 2.95. The summed E-state index contributed by atoms with van der Waals surface area (Å²) < 4.78 is 18.0. The number of nitrogens with one attached hydrogen (secondary N) is 1. The van der Waals surface area contributed by atoms with Gasteiger partial charge in [-0.1, -0.05) is 22.8 Å². The topological polar surface area (TPSA) is 51.0 Å². The average molecular weight is 304 g/mol. The molecule has 1 aromatic heterocycles. The van der Waals surface area contributed by atoms with E-state index in [4.69, 9.17) is 16.1 Å². The molecule has 1 N–H and O–H groups in total. The first kappa shape index (κ1) is 13.6. The van der Waals surface area contributed by atoms with Crippen LogP contribution < -0.4 is 5.32 Å². The predicted octanol–water partition coefficient (Wildman–Crippen LogP) is 4.14. The smallest absolute Gasteiger partial charge is 0.246 e. The third-order valence-corrected chi connectivity index (χ3v) is 3.07. The van der Waals surface area contributed by atoms with Gasteiger partial charge in [0, 0.05) is 16.3 Å². The second-order valence-electron chi connectivity index (χ2n) is 4.38. The van der Waals surface area contributed by atoms with Crippen LogP contribution in [0.4, 0.5) is 10.1 Å². The molecule has 0 spiro atoms. The van der Waals surface area contributed by atoms with Gasteiger partial charge in [0.2, 0.25) is 11.7 Å². The summed E-state index contributed by atoms with van der Waals surface area (Å²) in [4.78, 5) is 4.25. The summed E-state index contributed by atoms with van der Waals surface area (Å²) in [5, 5.41) is 7.66. The van der Waals surface area contributed by atoms with Crippen molar-refractivity contribution < 1.29 is 8.91 Å². The Labute approximate surface area is 125 Å². The molecule has 0 unspecified atom stereocenters. The van der Waals surface area contributed by atoms with E-state index in [-0.39, 0.29) is 5.82 Å². The number of aromatic nitrogens is 2. The molecule has 0 saturated carbocycles. The maximum Gasteiger partial charge on any atom is 0.246 e. The Morgan fingerprint density at radius 3 is 2.71 bits per heavy atom. The summed E-state index contributed by atoms with van der Waals surface area (Å²) >= 11 is 5.90. The Kier molecular flexibility index (Phi) is 3.83. The standard InChI is InChI=1S/C15H11ClFN3O/c16-11-2-1-3-13(8-11)18-9-14-19-15(20-21-14)10-4-6-12(17)7-5-10/h1-8,18H,9H2. The lowest BCUT2D eigenvalue weighted by molar-refractivity contribution is 0.384. The van der Waals surface area contributed by atoms with Crippen molar-refractivity contribution in [2.75, 3.05) is 5.32 Å². The largest absolute Gasteiger partial charge is 0.376 e. The molecule has 3 aromatic rings. The fourth-order valence-corrected chi connectivity index (χ4v) is 2.01. The molecular weight excluding hydrogens is 293 g/mol. The van der Waals surface area contributed by atoms with Crippen LogP contribution in [0.25, 0.3) is 11.4 Å². The Bertz CT molecular complexity index is 743. The second-order valence-corrected chi connectivity index (χ2v) is 4.82. The van der Waals surface area contributed by atoms with Crippen LogP contribution in [-0.2, 0) is 6.54 Å². The van der Waals surface area contributed by atoms with Gasteiger partial charge in [0.05, 0.1) is 6.54 Å². The third-order valence-electron chi connectivity index (χ3n) is 2.84. The fourth-order valence-electron chi connectivity index (χ4n) is 1.82. The van der Waals surface area contributed by atoms with Crippen molar-refractivity contribution in [3.8, 4) is 11.4 Å².